The lowest BCUT2D eigenvalue weighted by molar-refractivity contribution is -0.132. The summed E-state index contributed by atoms with van der Waals surface area (Å²) in [6.45, 7) is 0. The molecule has 0 aliphatic carbocycles. The smallest absolute Gasteiger partial charge is 0.362 e. The van der Waals surface area contributed by atoms with Crippen molar-refractivity contribution in [2.75, 3.05) is 0 Å². The van der Waals surface area contributed by atoms with Gasteiger partial charge in [0.15, 0.2) is 0 Å². The molecule has 0 saturated heterocycles. The van der Waals surface area contributed by atoms with Crippen LogP contribution in [0, 0.1) is 58.2 Å². The molecule has 0 saturated carbocycles. The number of benzene rings is 2. The Morgan fingerprint density at radius 2 is 0.667 bits per heavy atom. The van der Waals surface area contributed by atoms with E-state index >= 15 is 0 Å². The molecule has 2 aromatic rings. The molecule has 0 aliphatic heterocycles. The van der Waals surface area contributed by atoms with Crippen LogP contribution >= 0.6 is 12.2 Å². The van der Waals surface area contributed by atoms with Gasteiger partial charge in [0.1, 0.15) is 0 Å². The van der Waals surface area contributed by atoms with Crippen LogP contribution in [0.4, 0.5) is 43.9 Å². The molecule has 0 aliphatic rings. The number of esters is 2. The van der Waals surface area contributed by atoms with Crippen LogP contribution in [0.2, 0.25) is 0 Å². The number of ether oxygens (including phenoxy) is 2. The van der Waals surface area contributed by atoms with Crippen molar-refractivity contribution in [1.29, 1.82) is 0 Å². The molecule has 0 radical (unpaired) electrons. The van der Waals surface area contributed by atoms with Gasteiger partial charge in [0.25, 0.3) is 0 Å². The predicted molar refractivity (Wildman–Crippen MR) is 76.3 cm³/mol. The second kappa shape index (κ2) is 8.25. The average molecular weight is 466 g/mol. The summed E-state index contributed by atoms with van der Waals surface area (Å²) in [5.74, 6) is -35.0. The molecule has 0 fully saturated rings. The maximum Gasteiger partial charge on any atom is 0.362 e. The van der Waals surface area contributed by atoms with Crippen molar-refractivity contribution in [1.82, 2.24) is 0 Å². The largest absolute Gasteiger partial charge is 0.416 e. The maximum absolute atomic E-state index is 13.4. The van der Waals surface area contributed by atoms with Gasteiger partial charge in [0.2, 0.25) is 74.5 Å². The molecule has 2 rings (SSSR count). The first-order chi connectivity index (χ1) is 13.8. The first kappa shape index (κ1) is 23.1. The Balaban J connectivity index is 2.32. The Kier molecular flexibility index (Phi) is 6.34. The van der Waals surface area contributed by atoms with E-state index < -0.39 is 86.5 Å². The third-order valence-corrected chi connectivity index (χ3v) is 3.43. The minimum Gasteiger partial charge on any atom is -0.416 e. The van der Waals surface area contributed by atoms with E-state index in [9.17, 15) is 53.5 Å². The van der Waals surface area contributed by atoms with Gasteiger partial charge in [-0.1, -0.05) is 12.2 Å². The summed E-state index contributed by atoms with van der Waals surface area (Å²) in [7, 11) is 0. The van der Waals surface area contributed by atoms with Crippen LogP contribution in [0.3, 0.4) is 0 Å². The molecule has 0 heterocycles. The summed E-state index contributed by atoms with van der Waals surface area (Å²) in [6.07, 6.45) is 0. The van der Waals surface area contributed by atoms with Gasteiger partial charge in [-0.25, -0.2) is 35.9 Å². The predicted octanol–water partition coefficient (Wildman–Crippen LogP) is 3.96. The van der Waals surface area contributed by atoms with E-state index in [-0.39, 0.29) is 0 Å². The molecule has 15 heteroatoms. The fourth-order valence-corrected chi connectivity index (χ4v) is 1.79. The van der Waals surface area contributed by atoms with Crippen molar-refractivity contribution in [3.63, 3.8) is 0 Å². The molecule has 0 aromatic heterocycles. The Hall–Kier alpha value is -3.23. The van der Waals surface area contributed by atoms with Gasteiger partial charge in [-0.05, 0) is 0 Å². The van der Waals surface area contributed by atoms with Gasteiger partial charge in [-0.2, -0.15) is 17.6 Å². The molecular weight excluding hydrogens is 466 g/mol. The van der Waals surface area contributed by atoms with E-state index in [1.54, 1.807) is 0 Å². The van der Waals surface area contributed by atoms with Crippen molar-refractivity contribution in [3.8, 4) is 11.5 Å². The number of hydrogen-bond acceptors (Lipinski definition) is 5. The summed E-state index contributed by atoms with van der Waals surface area (Å²) in [4.78, 5) is 21.3. The lowest BCUT2D eigenvalue weighted by Gasteiger charge is -2.10. The van der Waals surface area contributed by atoms with Crippen LogP contribution < -0.4 is 9.47 Å². The summed E-state index contributed by atoms with van der Waals surface area (Å²) < 4.78 is 139. The Morgan fingerprint density at radius 3 is 0.900 bits per heavy atom. The summed E-state index contributed by atoms with van der Waals surface area (Å²) in [5, 5.41) is 0. The Morgan fingerprint density at radius 1 is 0.467 bits per heavy atom. The molecule has 30 heavy (non-hydrogen) atoms. The molecule has 0 spiro atoms. The summed E-state index contributed by atoms with van der Waals surface area (Å²) >= 11 is 4.09. The van der Waals surface area contributed by atoms with E-state index in [2.05, 4.69) is 21.7 Å². The van der Waals surface area contributed by atoms with Gasteiger partial charge < -0.3 is 9.47 Å². The standard InChI is InChI=1S/C15F10O4S/c16-1-3(18)7(22)11(8(23)4(1)19)28-14(26)13(30)15(27)29-12-9(24)5(20)2(17)6(21)10(12)25. The molecule has 160 valence electrons. The molecular formula is C15F10O4S. The number of carbonyl (C=O) groups excluding carboxylic acids is 2. The minimum absolute atomic E-state index is 1.84. The highest BCUT2D eigenvalue weighted by atomic mass is 32.1. The molecule has 0 atom stereocenters. The van der Waals surface area contributed by atoms with E-state index in [0.717, 1.165) is 0 Å². The maximum atomic E-state index is 13.4. The minimum atomic E-state index is -2.62. The fraction of sp³-hybridized carbons (Fsp3) is 0. The van der Waals surface area contributed by atoms with Crippen LogP contribution in [0.25, 0.3) is 0 Å². The van der Waals surface area contributed by atoms with Crippen molar-refractivity contribution < 1.29 is 63.0 Å². The van der Waals surface area contributed by atoms with Crippen LogP contribution in [0.1, 0.15) is 0 Å². The third kappa shape index (κ3) is 3.79. The average Bonchev–Trinajstić information content (AvgIpc) is 2.73. The number of carbonyl (C=O) groups is 2. The van der Waals surface area contributed by atoms with E-state index in [1.807, 2.05) is 0 Å². The quantitative estimate of drug-likeness (QED) is 0.130. The van der Waals surface area contributed by atoms with Crippen molar-refractivity contribution >= 4 is 29.0 Å². The highest BCUT2D eigenvalue weighted by molar-refractivity contribution is 7.83. The highest BCUT2D eigenvalue weighted by Crippen LogP contribution is 2.31. The topological polar surface area (TPSA) is 52.6 Å². The first-order valence-corrected chi connectivity index (χ1v) is 7.23. The van der Waals surface area contributed by atoms with Crippen LogP contribution in [0.15, 0.2) is 0 Å². The zero-order valence-electron chi connectivity index (χ0n) is 13.3. The second-order valence-corrected chi connectivity index (χ2v) is 5.31. The molecule has 4 nitrogen and oxygen atoms in total. The third-order valence-electron chi connectivity index (χ3n) is 3.10. The normalized spacial score (nSPS) is 10.7. The SMILES string of the molecule is O=C(Oc1c(F)c(F)c(F)c(F)c1F)C(=S)C(=O)Oc1c(F)c(F)c(F)c(F)c1F. The Labute approximate surface area is 162 Å². The van der Waals surface area contributed by atoms with Gasteiger partial charge in [0, 0.05) is 0 Å². The second-order valence-electron chi connectivity index (χ2n) is 4.91. The van der Waals surface area contributed by atoms with Crippen LogP contribution in [0.5, 0.6) is 11.5 Å². The molecule has 0 amide bonds. The van der Waals surface area contributed by atoms with Gasteiger partial charge in [0.05, 0.1) is 0 Å². The zero-order valence-corrected chi connectivity index (χ0v) is 14.1. The highest BCUT2D eigenvalue weighted by Gasteiger charge is 2.33. The Bertz CT molecular complexity index is 974. The van der Waals surface area contributed by atoms with Crippen molar-refractivity contribution in [2.24, 2.45) is 0 Å². The number of rotatable bonds is 4. The fourth-order valence-electron chi connectivity index (χ4n) is 1.71. The molecule has 2 aromatic carbocycles. The number of hydrogen-bond donors (Lipinski definition) is 0. The van der Waals surface area contributed by atoms with Gasteiger partial charge >= 0.3 is 11.9 Å². The number of halogens is 10. The van der Waals surface area contributed by atoms with E-state index in [1.165, 1.54) is 0 Å². The lowest BCUT2D eigenvalue weighted by atomic mass is 10.2. The van der Waals surface area contributed by atoms with Crippen LogP contribution in [-0.4, -0.2) is 16.8 Å². The molecule has 0 bridgehead atoms. The van der Waals surface area contributed by atoms with Crippen molar-refractivity contribution in [3.05, 3.63) is 58.2 Å². The van der Waals surface area contributed by atoms with E-state index in [0.29, 0.717) is 0 Å². The van der Waals surface area contributed by atoms with Crippen LogP contribution in [-0.2, 0) is 9.59 Å². The molecule has 0 unspecified atom stereocenters. The van der Waals surface area contributed by atoms with Crippen molar-refractivity contribution in [2.45, 2.75) is 0 Å². The lowest BCUT2D eigenvalue weighted by Crippen LogP contribution is -2.31. The van der Waals surface area contributed by atoms with Gasteiger partial charge in [-0.3, -0.25) is 0 Å². The monoisotopic (exact) mass is 466 g/mol. The first-order valence-electron chi connectivity index (χ1n) is 6.82. The zero-order chi connectivity index (χ0) is 23.1. The number of thiocarbonyl (C=S) groups is 1. The van der Waals surface area contributed by atoms with E-state index in [4.69, 9.17) is 0 Å². The summed E-state index contributed by atoms with van der Waals surface area (Å²) in [6, 6.07) is 0. The van der Waals surface area contributed by atoms with Gasteiger partial charge in [-0.15, -0.1) is 0 Å². The molecule has 0 N–H and O–H groups in total. The summed E-state index contributed by atoms with van der Waals surface area (Å²) in [5.41, 5.74) is 0.